The molecule has 0 spiro atoms. The van der Waals surface area contributed by atoms with E-state index >= 15 is 0 Å². The van der Waals surface area contributed by atoms with Crippen LogP contribution in [-0.4, -0.2) is 41.1 Å². The van der Waals surface area contributed by atoms with Crippen molar-refractivity contribution in [1.29, 1.82) is 0 Å². The highest BCUT2D eigenvalue weighted by Crippen LogP contribution is 2.26. The lowest BCUT2D eigenvalue weighted by atomic mass is 9.87. The van der Waals surface area contributed by atoms with Crippen LogP contribution in [0, 0.1) is 11.8 Å². The van der Waals surface area contributed by atoms with Gasteiger partial charge in [-0.2, -0.15) is 0 Å². The van der Waals surface area contributed by atoms with E-state index < -0.39 is 5.60 Å². The Balaban J connectivity index is 2.50. The third-order valence-electron chi connectivity index (χ3n) is 3.32. The maximum atomic E-state index is 11.9. The Hall–Kier alpha value is -0.610. The molecule has 0 radical (unpaired) electrons. The summed E-state index contributed by atoms with van der Waals surface area (Å²) < 4.78 is 0. The van der Waals surface area contributed by atoms with E-state index in [0.717, 1.165) is 0 Å². The van der Waals surface area contributed by atoms with Crippen molar-refractivity contribution in [2.45, 2.75) is 32.8 Å². The average Bonchev–Trinajstić information content (AvgIpc) is 2.13. The fourth-order valence-corrected chi connectivity index (χ4v) is 1.94. The number of nitrogens with zero attached hydrogens (tertiary/aromatic N) is 1. The van der Waals surface area contributed by atoms with Gasteiger partial charge < -0.3 is 15.7 Å². The molecule has 1 unspecified atom stereocenters. The number of hydrogen-bond acceptors (Lipinski definition) is 3. The fourth-order valence-electron chi connectivity index (χ4n) is 1.94. The zero-order valence-corrected chi connectivity index (χ0v) is 9.86. The van der Waals surface area contributed by atoms with Crippen LogP contribution in [0.5, 0.6) is 0 Å². The van der Waals surface area contributed by atoms with Crippen LogP contribution in [0.1, 0.15) is 27.2 Å². The van der Waals surface area contributed by atoms with Gasteiger partial charge in [0, 0.05) is 6.54 Å². The van der Waals surface area contributed by atoms with E-state index in [9.17, 15) is 9.90 Å². The summed E-state index contributed by atoms with van der Waals surface area (Å²) in [5.74, 6) is 0.245. The second-order valence-electron chi connectivity index (χ2n) is 4.86. The Labute approximate surface area is 91.4 Å². The zero-order chi connectivity index (χ0) is 11.6. The SMILES string of the molecule is CCC1(O)CN(C(=O)C(CN)C(C)C)C1. The summed E-state index contributed by atoms with van der Waals surface area (Å²) in [5.41, 5.74) is 4.93. The topological polar surface area (TPSA) is 66.6 Å². The lowest BCUT2D eigenvalue weighted by Crippen LogP contribution is -2.64. The zero-order valence-electron chi connectivity index (χ0n) is 9.86. The summed E-state index contributed by atoms with van der Waals surface area (Å²) >= 11 is 0. The summed E-state index contributed by atoms with van der Waals surface area (Å²) in [6.07, 6.45) is 0.700. The highest BCUT2D eigenvalue weighted by molar-refractivity contribution is 5.80. The second-order valence-corrected chi connectivity index (χ2v) is 4.86. The number of aliphatic hydroxyl groups is 1. The molecule has 0 aliphatic carbocycles. The number of carbonyl (C=O) groups excluding carboxylic acids is 1. The van der Waals surface area contributed by atoms with Gasteiger partial charge in [0.2, 0.25) is 5.91 Å². The number of carbonyl (C=O) groups is 1. The summed E-state index contributed by atoms with van der Waals surface area (Å²) in [4.78, 5) is 13.6. The molecule has 4 nitrogen and oxygen atoms in total. The third-order valence-corrected chi connectivity index (χ3v) is 3.32. The van der Waals surface area contributed by atoms with Crippen molar-refractivity contribution in [1.82, 2.24) is 4.90 Å². The number of amides is 1. The number of nitrogens with two attached hydrogens (primary N) is 1. The summed E-state index contributed by atoms with van der Waals surface area (Å²) in [6.45, 7) is 7.25. The van der Waals surface area contributed by atoms with Crippen LogP contribution in [0.15, 0.2) is 0 Å². The van der Waals surface area contributed by atoms with E-state index in [-0.39, 0.29) is 17.7 Å². The smallest absolute Gasteiger partial charge is 0.227 e. The lowest BCUT2D eigenvalue weighted by Gasteiger charge is -2.47. The molecule has 1 aliphatic rings. The molecule has 0 aromatic heterocycles. The van der Waals surface area contributed by atoms with Crippen molar-refractivity contribution in [2.75, 3.05) is 19.6 Å². The molecule has 1 saturated heterocycles. The first-order valence-corrected chi connectivity index (χ1v) is 5.64. The Morgan fingerprint density at radius 1 is 1.53 bits per heavy atom. The molecule has 0 aromatic carbocycles. The maximum absolute atomic E-state index is 11.9. The van der Waals surface area contributed by atoms with E-state index in [4.69, 9.17) is 5.73 Å². The van der Waals surface area contributed by atoms with Crippen LogP contribution in [0.3, 0.4) is 0 Å². The Morgan fingerprint density at radius 3 is 2.40 bits per heavy atom. The molecule has 3 N–H and O–H groups in total. The van der Waals surface area contributed by atoms with E-state index in [2.05, 4.69) is 0 Å². The molecule has 1 amide bonds. The van der Waals surface area contributed by atoms with Crippen LogP contribution in [0.4, 0.5) is 0 Å². The quantitative estimate of drug-likeness (QED) is 0.702. The van der Waals surface area contributed by atoms with Gasteiger partial charge in [0.25, 0.3) is 0 Å². The van der Waals surface area contributed by atoms with Crippen LogP contribution in [0.2, 0.25) is 0 Å². The largest absolute Gasteiger partial charge is 0.386 e. The standard InChI is InChI=1S/C11H22N2O2/c1-4-11(15)6-13(7-11)10(14)9(5-12)8(2)3/h8-9,15H,4-7,12H2,1-3H3. The minimum Gasteiger partial charge on any atom is -0.386 e. The van der Waals surface area contributed by atoms with Crippen LogP contribution in [-0.2, 0) is 4.79 Å². The van der Waals surface area contributed by atoms with Crippen molar-refractivity contribution in [3.05, 3.63) is 0 Å². The monoisotopic (exact) mass is 214 g/mol. The number of hydrogen-bond donors (Lipinski definition) is 2. The lowest BCUT2D eigenvalue weighted by molar-refractivity contribution is -0.161. The van der Waals surface area contributed by atoms with Gasteiger partial charge >= 0.3 is 0 Å². The van der Waals surface area contributed by atoms with Crippen LogP contribution < -0.4 is 5.73 Å². The molecule has 1 heterocycles. The maximum Gasteiger partial charge on any atom is 0.227 e. The number of β-amino-alcohol motifs (C(OH)–C–C–N with tert-alkyl or cyclic N) is 1. The van der Waals surface area contributed by atoms with E-state index in [1.807, 2.05) is 20.8 Å². The second kappa shape index (κ2) is 4.49. The first-order chi connectivity index (χ1) is 6.93. The van der Waals surface area contributed by atoms with Gasteiger partial charge in [0.05, 0.1) is 24.6 Å². The first kappa shape index (κ1) is 12.5. The normalized spacial score (nSPS) is 21.3. The van der Waals surface area contributed by atoms with Crippen LogP contribution in [0.25, 0.3) is 0 Å². The predicted molar refractivity (Wildman–Crippen MR) is 59.2 cm³/mol. The van der Waals surface area contributed by atoms with Gasteiger partial charge in [0.1, 0.15) is 0 Å². The first-order valence-electron chi connectivity index (χ1n) is 5.64. The third kappa shape index (κ3) is 2.49. The van der Waals surface area contributed by atoms with Gasteiger partial charge in [-0.1, -0.05) is 20.8 Å². The highest BCUT2D eigenvalue weighted by atomic mass is 16.3. The molecule has 1 fully saturated rings. The minimum absolute atomic E-state index is 0.0885. The Morgan fingerprint density at radius 2 is 2.07 bits per heavy atom. The highest BCUT2D eigenvalue weighted by Gasteiger charge is 2.43. The number of likely N-dealkylation sites (tertiary alicyclic amines) is 1. The summed E-state index contributed by atoms with van der Waals surface area (Å²) in [6, 6.07) is 0. The Bertz CT molecular complexity index is 235. The molecule has 88 valence electrons. The predicted octanol–water partition coefficient (Wildman–Crippen LogP) is 0.201. The molecule has 0 bridgehead atoms. The molecule has 0 aromatic rings. The van der Waals surface area contributed by atoms with Gasteiger partial charge in [0.15, 0.2) is 0 Å². The summed E-state index contributed by atoms with van der Waals surface area (Å²) in [5, 5.41) is 9.81. The van der Waals surface area contributed by atoms with Crippen molar-refractivity contribution in [2.24, 2.45) is 17.6 Å². The molecule has 1 rings (SSSR count). The number of rotatable bonds is 4. The van der Waals surface area contributed by atoms with E-state index in [0.29, 0.717) is 26.1 Å². The average molecular weight is 214 g/mol. The molecular weight excluding hydrogens is 192 g/mol. The van der Waals surface area contributed by atoms with Gasteiger partial charge in [-0.05, 0) is 12.3 Å². The van der Waals surface area contributed by atoms with Crippen LogP contribution >= 0.6 is 0 Å². The molecule has 1 aliphatic heterocycles. The van der Waals surface area contributed by atoms with E-state index in [1.54, 1.807) is 4.90 Å². The van der Waals surface area contributed by atoms with Crippen molar-refractivity contribution >= 4 is 5.91 Å². The van der Waals surface area contributed by atoms with Gasteiger partial charge in [-0.15, -0.1) is 0 Å². The Kier molecular flexibility index (Phi) is 3.73. The van der Waals surface area contributed by atoms with Gasteiger partial charge in [-0.25, -0.2) is 0 Å². The van der Waals surface area contributed by atoms with E-state index in [1.165, 1.54) is 0 Å². The van der Waals surface area contributed by atoms with Crippen molar-refractivity contribution < 1.29 is 9.90 Å². The molecule has 15 heavy (non-hydrogen) atoms. The fraction of sp³-hybridized carbons (Fsp3) is 0.909. The van der Waals surface area contributed by atoms with Crippen molar-refractivity contribution in [3.63, 3.8) is 0 Å². The molecular formula is C11H22N2O2. The van der Waals surface area contributed by atoms with Gasteiger partial charge in [-0.3, -0.25) is 4.79 Å². The molecule has 1 atom stereocenters. The van der Waals surface area contributed by atoms with Crippen molar-refractivity contribution in [3.8, 4) is 0 Å². The minimum atomic E-state index is -0.647. The summed E-state index contributed by atoms with van der Waals surface area (Å²) in [7, 11) is 0. The molecule has 4 heteroatoms. The molecule has 0 saturated carbocycles.